The lowest BCUT2D eigenvalue weighted by atomic mass is 10.1. The molecule has 0 N–H and O–H groups in total. The van der Waals surface area contributed by atoms with Gasteiger partial charge in [0.05, 0.1) is 36.1 Å². The third-order valence-electron chi connectivity index (χ3n) is 4.44. The number of hydrogen-bond donors (Lipinski definition) is 0. The number of aryl methyl sites for hydroxylation is 1. The minimum absolute atomic E-state index is 0.0775. The molecule has 1 saturated heterocycles. The molecule has 5 nitrogen and oxygen atoms in total. The Bertz CT molecular complexity index is 840. The van der Waals surface area contributed by atoms with Crippen LogP contribution in [0.1, 0.15) is 35.3 Å². The molecular formula is C17H18N4OS. The largest absolute Gasteiger partial charge is 0.334 e. The number of fused-ring (bicyclic) bond motifs is 1. The number of nitrogens with zero attached hydrogens (tertiary/aromatic N) is 4. The molecule has 1 aliphatic rings. The molecule has 0 spiro atoms. The highest BCUT2D eigenvalue weighted by molar-refractivity contribution is 7.10. The normalized spacial score (nSPS) is 18.0. The SMILES string of the molecule is Cc1ncc2cnc(C3CCCN3C(=O)Cc3cccs3)cn12. The predicted octanol–water partition coefficient (Wildman–Crippen LogP) is 3.01. The molecule has 4 heterocycles. The number of imidazole rings is 1. The summed E-state index contributed by atoms with van der Waals surface area (Å²) in [5.74, 6) is 1.14. The predicted molar refractivity (Wildman–Crippen MR) is 89.4 cm³/mol. The Hall–Kier alpha value is -2.21. The first-order valence-electron chi connectivity index (χ1n) is 7.84. The summed E-state index contributed by atoms with van der Waals surface area (Å²) in [5, 5.41) is 2.02. The standard InChI is InChI=1S/C17H18N4OS/c1-12-18-9-13-10-19-15(11-21(12)13)16-5-2-6-20(16)17(22)8-14-4-3-7-23-14/h3-4,7,9-11,16H,2,5-6,8H2,1H3. The van der Waals surface area contributed by atoms with E-state index in [-0.39, 0.29) is 11.9 Å². The van der Waals surface area contributed by atoms with E-state index < -0.39 is 0 Å². The van der Waals surface area contributed by atoms with Gasteiger partial charge in [-0.05, 0) is 31.2 Å². The molecule has 0 bridgehead atoms. The lowest BCUT2D eigenvalue weighted by molar-refractivity contribution is -0.131. The Kier molecular flexibility index (Phi) is 3.61. The molecule has 4 rings (SSSR count). The van der Waals surface area contributed by atoms with Crippen LogP contribution in [0.2, 0.25) is 0 Å². The lowest BCUT2D eigenvalue weighted by Crippen LogP contribution is -2.32. The van der Waals surface area contributed by atoms with E-state index in [1.807, 2.05) is 52.3 Å². The number of thiophene rings is 1. The molecule has 3 aromatic heterocycles. The highest BCUT2D eigenvalue weighted by Gasteiger charge is 2.31. The van der Waals surface area contributed by atoms with E-state index in [0.717, 1.165) is 41.3 Å². The maximum absolute atomic E-state index is 12.7. The summed E-state index contributed by atoms with van der Waals surface area (Å²) in [7, 11) is 0. The topological polar surface area (TPSA) is 50.5 Å². The summed E-state index contributed by atoms with van der Waals surface area (Å²) < 4.78 is 2.04. The van der Waals surface area contributed by atoms with Crippen molar-refractivity contribution in [2.45, 2.75) is 32.2 Å². The van der Waals surface area contributed by atoms with Crippen LogP contribution in [0, 0.1) is 6.92 Å². The monoisotopic (exact) mass is 326 g/mol. The van der Waals surface area contributed by atoms with Crippen LogP contribution >= 0.6 is 11.3 Å². The Labute approximate surface area is 138 Å². The van der Waals surface area contributed by atoms with Crippen molar-refractivity contribution in [3.63, 3.8) is 0 Å². The number of amides is 1. The second-order valence-corrected chi connectivity index (χ2v) is 6.95. The number of aromatic nitrogens is 3. The fourth-order valence-electron chi connectivity index (χ4n) is 3.25. The van der Waals surface area contributed by atoms with Gasteiger partial charge < -0.3 is 9.30 Å². The molecule has 0 radical (unpaired) electrons. The van der Waals surface area contributed by atoms with Gasteiger partial charge in [-0.3, -0.25) is 9.78 Å². The molecule has 0 aromatic carbocycles. The van der Waals surface area contributed by atoms with Crippen LogP contribution in [-0.2, 0) is 11.2 Å². The fourth-order valence-corrected chi connectivity index (χ4v) is 3.94. The van der Waals surface area contributed by atoms with Gasteiger partial charge in [-0.2, -0.15) is 0 Å². The van der Waals surface area contributed by atoms with Gasteiger partial charge in [0.2, 0.25) is 5.91 Å². The average Bonchev–Trinajstić information content (AvgIpc) is 3.28. The summed E-state index contributed by atoms with van der Waals surface area (Å²) in [4.78, 5) is 24.7. The van der Waals surface area contributed by atoms with Gasteiger partial charge in [0.15, 0.2) is 0 Å². The second-order valence-electron chi connectivity index (χ2n) is 5.91. The minimum Gasteiger partial charge on any atom is -0.334 e. The number of rotatable bonds is 3. The number of carbonyl (C=O) groups excluding carboxylic acids is 1. The molecule has 0 aliphatic carbocycles. The number of hydrogen-bond acceptors (Lipinski definition) is 4. The van der Waals surface area contributed by atoms with Gasteiger partial charge in [-0.25, -0.2) is 4.98 Å². The lowest BCUT2D eigenvalue weighted by Gasteiger charge is -2.24. The Balaban J connectivity index is 1.60. The summed E-state index contributed by atoms with van der Waals surface area (Å²) in [5.41, 5.74) is 1.94. The van der Waals surface area contributed by atoms with Crippen LogP contribution < -0.4 is 0 Å². The van der Waals surface area contributed by atoms with E-state index in [1.165, 1.54) is 0 Å². The third-order valence-corrected chi connectivity index (χ3v) is 5.31. The summed E-state index contributed by atoms with van der Waals surface area (Å²) in [6.07, 6.45) is 8.18. The van der Waals surface area contributed by atoms with E-state index in [2.05, 4.69) is 9.97 Å². The molecule has 118 valence electrons. The van der Waals surface area contributed by atoms with Crippen molar-refractivity contribution in [3.8, 4) is 0 Å². The van der Waals surface area contributed by atoms with Crippen molar-refractivity contribution < 1.29 is 4.79 Å². The first kappa shape index (κ1) is 14.4. The summed E-state index contributed by atoms with van der Waals surface area (Å²) in [6, 6.07) is 4.09. The maximum Gasteiger partial charge on any atom is 0.228 e. The van der Waals surface area contributed by atoms with Crippen LogP contribution in [-0.4, -0.2) is 31.7 Å². The molecule has 23 heavy (non-hydrogen) atoms. The molecular weight excluding hydrogens is 308 g/mol. The average molecular weight is 326 g/mol. The Morgan fingerprint density at radius 1 is 1.39 bits per heavy atom. The van der Waals surface area contributed by atoms with Gasteiger partial charge in [-0.1, -0.05) is 6.07 Å². The van der Waals surface area contributed by atoms with Crippen molar-refractivity contribution in [2.75, 3.05) is 6.54 Å². The Morgan fingerprint density at radius 2 is 2.26 bits per heavy atom. The first-order valence-corrected chi connectivity index (χ1v) is 8.72. The van der Waals surface area contributed by atoms with Gasteiger partial charge in [-0.15, -0.1) is 11.3 Å². The zero-order chi connectivity index (χ0) is 15.8. The van der Waals surface area contributed by atoms with E-state index in [9.17, 15) is 4.79 Å². The van der Waals surface area contributed by atoms with Gasteiger partial charge in [0.1, 0.15) is 5.82 Å². The van der Waals surface area contributed by atoms with Crippen molar-refractivity contribution >= 4 is 22.8 Å². The molecule has 6 heteroatoms. The zero-order valence-corrected chi connectivity index (χ0v) is 13.8. The number of likely N-dealkylation sites (tertiary alicyclic amines) is 1. The molecule has 1 fully saturated rings. The molecule has 1 aliphatic heterocycles. The number of carbonyl (C=O) groups is 1. The van der Waals surface area contributed by atoms with Crippen molar-refractivity contribution in [1.29, 1.82) is 0 Å². The van der Waals surface area contributed by atoms with E-state index in [4.69, 9.17) is 0 Å². The zero-order valence-electron chi connectivity index (χ0n) is 13.0. The van der Waals surface area contributed by atoms with E-state index in [1.54, 1.807) is 11.3 Å². The summed E-state index contributed by atoms with van der Waals surface area (Å²) in [6.45, 7) is 2.79. The van der Waals surface area contributed by atoms with Gasteiger partial charge in [0.25, 0.3) is 0 Å². The van der Waals surface area contributed by atoms with Crippen LogP contribution in [0.25, 0.3) is 5.52 Å². The summed E-state index contributed by atoms with van der Waals surface area (Å²) >= 11 is 1.64. The Morgan fingerprint density at radius 3 is 3.09 bits per heavy atom. The van der Waals surface area contributed by atoms with Crippen LogP contribution in [0.5, 0.6) is 0 Å². The third kappa shape index (κ3) is 2.63. The molecule has 3 aromatic rings. The van der Waals surface area contributed by atoms with E-state index >= 15 is 0 Å². The molecule has 1 amide bonds. The second kappa shape index (κ2) is 5.77. The molecule has 0 saturated carbocycles. The van der Waals surface area contributed by atoms with Gasteiger partial charge >= 0.3 is 0 Å². The first-order chi connectivity index (χ1) is 11.2. The molecule has 1 atom stereocenters. The quantitative estimate of drug-likeness (QED) is 0.743. The van der Waals surface area contributed by atoms with Gasteiger partial charge in [0, 0.05) is 17.6 Å². The van der Waals surface area contributed by atoms with Crippen LogP contribution in [0.4, 0.5) is 0 Å². The van der Waals surface area contributed by atoms with Crippen molar-refractivity contribution in [2.24, 2.45) is 0 Å². The highest BCUT2D eigenvalue weighted by atomic mass is 32.1. The van der Waals surface area contributed by atoms with Crippen molar-refractivity contribution in [1.82, 2.24) is 19.3 Å². The molecule has 1 unspecified atom stereocenters. The van der Waals surface area contributed by atoms with Crippen molar-refractivity contribution in [3.05, 3.63) is 52.5 Å². The highest BCUT2D eigenvalue weighted by Crippen LogP contribution is 2.31. The smallest absolute Gasteiger partial charge is 0.228 e. The van der Waals surface area contributed by atoms with Crippen LogP contribution in [0.3, 0.4) is 0 Å². The minimum atomic E-state index is 0.0775. The maximum atomic E-state index is 12.7. The van der Waals surface area contributed by atoms with E-state index in [0.29, 0.717) is 6.42 Å². The van der Waals surface area contributed by atoms with Crippen LogP contribution in [0.15, 0.2) is 36.1 Å². The fraction of sp³-hybridized carbons (Fsp3) is 0.353.